The summed E-state index contributed by atoms with van der Waals surface area (Å²) in [6.07, 6.45) is 10.2. The number of anilines is 1. The third-order valence-corrected chi connectivity index (χ3v) is 5.06. The lowest BCUT2D eigenvalue weighted by molar-refractivity contribution is -0.121. The van der Waals surface area contributed by atoms with E-state index in [0.29, 0.717) is 5.95 Å². The summed E-state index contributed by atoms with van der Waals surface area (Å²) in [5.74, 6) is 0.389. The zero-order valence-electron chi connectivity index (χ0n) is 13.6. The molecular weight excluding hydrogens is 292 g/mol. The Bertz CT molecular complexity index is 509. The van der Waals surface area contributed by atoms with E-state index in [1.807, 2.05) is 0 Å². The van der Waals surface area contributed by atoms with Crippen molar-refractivity contribution in [2.24, 2.45) is 5.92 Å². The Balaban J connectivity index is 1.45. The van der Waals surface area contributed by atoms with Crippen LogP contribution >= 0.6 is 0 Å². The first-order chi connectivity index (χ1) is 11.1. The minimum absolute atomic E-state index is 0.00669. The molecule has 0 spiro atoms. The quantitative estimate of drug-likeness (QED) is 0.885. The van der Waals surface area contributed by atoms with E-state index in [9.17, 15) is 9.90 Å². The molecule has 23 heavy (non-hydrogen) atoms. The van der Waals surface area contributed by atoms with Crippen LogP contribution in [0.5, 0.6) is 0 Å². The van der Waals surface area contributed by atoms with Crippen molar-refractivity contribution in [3.05, 3.63) is 18.5 Å². The molecule has 0 atom stereocenters. The Morgan fingerprint density at radius 2 is 1.87 bits per heavy atom. The van der Waals surface area contributed by atoms with Crippen molar-refractivity contribution in [3.8, 4) is 0 Å². The molecule has 3 rings (SSSR count). The Hall–Kier alpha value is -1.53. The Kier molecular flexibility index (Phi) is 5.23. The van der Waals surface area contributed by atoms with Crippen molar-refractivity contribution in [1.82, 2.24) is 14.9 Å². The number of carbonyl (C=O) groups excluding carboxylic acids is 1. The van der Waals surface area contributed by atoms with Crippen molar-refractivity contribution >= 4 is 11.9 Å². The van der Waals surface area contributed by atoms with Gasteiger partial charge < -0.3 is 10.0 Å². The van der Waals surface area contributed by atoms with Crippen molar-refractivity contribution in [2.75, 3.05) is 25.0 Å². The van der Waals surface area contributed by atoms with E-state index in [2.05, 4.69) is 20.2 Å². The first-order valence-electron chi connectivity index (χ1n) is 8.67. The van der Waals surface area contributed by atoms with Gasteiger partial charge in [-0.2, -0.15) is 0 Å². The number of carbonyl (C=O) groups is 1. The largest absolute Gasteiger partial charge is 0.389 e. The van der Waals surface area contributed by atoms with E-state index in [1.165, 1.54) is 6.42 Å². The minimum Gasteiger partial charge on any atom is -0.389 e. The number of amides is 1. The molecule has 2 fully saturated rings. The van der Waals surface area contributed by atoms with Crippen LogP contribution in [-0.4, -0.2) is 51.1 Å². The molecule has 1 aliphatic carbocycles. The zero-order chi connectivity index (χ0) is 16.1. The zero-order valence-corrected chi connectivity index (χ0v) is 13.6. The van der Waals surface area contributed by atoms with Gasteiger partial charge in [-0.1, -0.05) is 19.3 Å². The summed E-state index contributed by atoms with van der Waals surface area (Å²) >= 11 is 0. The van der Waals surface area contributed by atoms with E-state index in [1.54, 1.807) is 18.5 Å². The summed E-state index contributed by atoms with van der Waals surface area (Å²) in [4.78, 5) is 22.6. The smallest absolute Gasteiger partial charge is 0.229 e. The molecule has 6 heteroatoms. The Morgan fingerprint density at radius 1 is 1.22 bits per heavy atom. The van der Waals surface area contributed by atoms with Crippen molar-refractivity contribution in [2.45, 2.75) is 50.5 Å². The number of aliphatic hydroxyl groups is 1. The van der Waals surface area contributed by atoms with Crippen molar-refractivity contribution in [1.29, 1.82) is 0 Å². The lowest BCUT2D eigenvalue weighted by Crippen LogP contribution is -2.48. The van der Waals surface area contributed by atoms with Crippen LogP contribution in [0.25, 0.3) is 0 Å². The summed E-state index contributed by atoms with van der Waals surface area (Å²) in [5, 5.41) is 13.4. The lowest BCUT2D eigenvalue weighted by atomic mass is 9.84. The highest BCUT2D eigenvalue weighted by molar-refractivity contribution is 5.90. The molecular formula is C17H26N4O2. The number of piperidine rings is 1. The number of likely N-dealkylation sites (tertiary alicyclic amines) is 1. The normalized spacial score (nSPS) is 22.7. The minimum atomic E-state index is -0.509. The van der Waals surface area contributed by atoms with E-state index in [4.69, 9.17) is 0 Å². The summed E-state index contributed by atoms with van der Waals surface area (Å²) in [5.41, 5.74) is -0.509. The third kappa shape index (κ3) is 4.48. The topological polar surface area (TPSA) is 78.4 Å². The number of rotatable bonds is 4. The van der Waals surface area contributed by atoms with Crippen molar-refractivity contribution < 1.29 is 9.90 Å². The molecule has 0 unspecified atom stereocenters. The van der Waals surface area contributed by atoms with Gasteiger partial charge in [0.1, 0.15) is 0 Å². The summed E-state index contributed by atoms with van der Waals surface area (Å²) in [6, 6.07) is 1.73. The second-order valence-electron chi connectivity index (χ2n) is 6.90. The molecule has 1 aromatic rings. The summed E-state index contributed by atoms with van der Waals surface area (Å²) < 4.78 is 0. The molecule has 0 bridgehead atoms. The van der Waals surface area contributed by atoms with E-state index in [-0.39, 0.29) is 11.8 Å². The number of hydrogen-bond acceptors (Lipinski definition) is 5. The van der Waals surface area contributed by atoms with Gasteiger partial charge in [0.2, 0.25) is 11.9 Å². The number of nitrogens with zero attached hydrogens (tertiary/aromatic N) is 3. The van der Waals surface area contributed by atoms with Crippen LogP contribution in [0.15, 0.2) is 18.5 Å². The van der Waals surface area contributed by atoms with Gasteiger partial charge in [-0.25, -0.2) is 9.97 Å². The fraction of sp³-hybridized carbons (Fsp3) is 0.706. The number of aromatic nitrogens is 2. The highest BCUT2D eigenvalue weighted by atomic mass is 16.3. The van der Waals surface area contributed by atoms with Gasteiger partial charge in [-0.15, -0.1) is 0 Å². The highest BCUT2D eigenvalue weighted by Gasteiger charge is 2.33. The van der Waals surface area contributed by atoms with Gasteiger partial charge in [-0.05, 0) is 44.8 Å². The van der Waals surface area contributed by atoms with Crippen LogP contribution in [0.4, 0.5) is 5.95 Å². The maximum atomic E-state index is 12.3. The lowest BCUT2D eigenvalue weighted by Gasteiger charge is -2.39. The molecule has 1 aliphatic heterocycles. The fourth-order valence-corrected chi connectivity index (χ4v) is 3.71. The molecule has 6 nitrogen and oxygen atoms in total. The van der Waals surface area contributed by atoms with E-state index >= 15 is 0 Å². The monoisotopic (exact) mass is 318 g/mol. The second-order valence-corrected chi connectivity index (χ2v) is 6.90. The molecule has 1 saturated heterocycles. The van der Waals surface area contributed by atoms with Gasteiger partial charge in [0, 0.05) is 24.9 Å². The molecule has 2 N–H and O–H groups in total. The van der Waals surface area contributed by atoms with Gasteiger partial charge >= 0.3 is 0 Å². The van der Waals surface area contributed by atoms with Crippen LogP contribution in [0.3, 0.4) is 0 Å². The van der Waals surface area contributed by atoms with Crippen LogP contribution in [-0.2, 0) is 4.79 Å². The second kappa shape index (κ2) is 7.36. The van der Waals surface area contributed by atoms with Crippen LogP contribution in [0.1, 0.15) is 44.9 Å². The Morgan fingerprint density at radius 3 is 2.52 bits per heavy atom. The SMILES string of the molecule is O=C(Nc1ncccn1)C1CCN(CC2(O)CCCCC2)CC1. The highest BCUT2D eigenvalue weighted by Crippen LogP contribution is 2.30. The first kappa shape index (κ1) is 16.3. The molecule has 2 aliphatic rings. The standard InChI is InChI=1S/C17H26N4O2/c22-15(20-16-18-9-4-10-19-16)14-5-11-21(12-6-14)13-17(23)7-2-1-3-8-17/h4,9-10,14,23H,1-3,5-8,11-13H2,(H,18,19,20,22). The van der Waals surface area contributed by atoms with Crippen LogP contribution in [0, 0.1) is 5.92 Å². The van der Waals surface area contributed by atoms with Crippen molar-refractivity contribution in [3.63, 3.8) is 0 Å². The number of β-amino-alcohol motifs (C(OH)–C–C–N with tert-alkyl or cyclic N) is 1. The van der Waals surface area contributed by atoms with E-state index in [0.717, 1.165) is 58.2 Å². The maximum absolute atomic E-state index is 12.3. The number of nitrogens with one attached hydrogen (secondary N) is 1. The fourth-order valence-electron chi connectivity index (χ4n) is 3.71. The van der Waals surface area contributed by atoms with Gasteiger partial charge in [0.15, 0.2) is 0 Å². The molecule has 0 radical (unpaired) electrons. The van der Waals surface area contributed by atoms with E-state index < -0.39 is 5.60 Å². The maximum Gasteiger partial charge on any atom is 0.229 e. The molecule has 2 heterocycles. The van der Waals surface area contributed by atoms with Crippen LogP contribution in [0.2, 0.25) is 0 Å². The summed E-state index contributed by atoms with van der Waals surface area (Å²) in [6.45, 7) is 2.50. The van der Waals surface area contributed by atoms with Crippen LogP contribution < -0.4 is 5.32 Å². The average Bonchev–Trinajstić information content (AvgIpc) is 2.57. The van der Waals surface area contributed by atoms with Gasteiger partial charge in [0.05, 0.1) is 5.60 Å². The average molecular weight is 318 g/mol. The Labute approximate surface area is 137 Å². The summed E-state index contributed by atoms with van der Waals surface area (Å²) in [7, 11) is 0. The number of hydrogen-bond donors (Lipinski definition) is 2. The first-order valence-corrected chi connectivity index (χ1v) is 8.67. The predicted molar refractivity (Wildman–Crippen MR) is 87.9 cm³/mol. The molecule has 126 valence electrons. The van der Waals surface area contributed by atoms with Gasteiger partial charge in [-0.3, -0.25) is 10.1 Å². The molecule has 0 aromatic carbocycles. The third-order valence-electron chi connectivity index (χ3n) is 5.06. The molecule has 1 aromatic heterocycles. The predicted octanol–water partition coefficient (Wildman–Crippen LogP) is 1.82. The molecule has 1 amide bonds. The van der Waals surface area contributed by atoms with Gasteiger partial charge in [0.25, 0.3) is 0 Å². The molecule has 1 saturated carbocycles.